The van der Waals surface area contributed by atoms with Crippen LogP contribution in [0.25, 0.3) is 0 Å². The van der Waals surface area contributed by atoms with E-state index in [0.717, 1.165) is 12.8 Å². The van der Waals surface area contributed by atoms with Gasteiger partial charge < -0.3 is 15.2 Å². The van der Waals surface area contributed by atoms with Crippen LogP contribution in [-0.4, -0.2) is 29.1 Å². The smallest absolute Gasteiger partial charge is 0.243 e. The molecule has 1 aromatic heterocycles. The molecule has 0 saturated carbocycles. The minimum Gasteiger partial charge on any atom is -0.338 e. The molecule has 5 nitrogen and oxygen atoms in total. The van der Waals surface area contributed by atoms with Crippen molar-refractivity contribution < 1.29 is 4.52 Å². The van der Waals surface area contributed by atoms with Crippen molar-refractivity contribution in [3.05, 3.63) is 11.7 Å². The van der Waals surface area contributed by atoms with Gasteiger partial charge in [-0.2, -0.15) is 4.98 Å². The summed E-state index contributed by atoms with van der Waals surface area (Å²) in [4.78, 5) is 6.21. The molecule has 0 bridgehead atoms. The van der Waals surface area contributed by atoms with Crippen molar-refractivity contribution in [2.24, 2.45) is 5.73 Å². The van der Waals surface area contributed by atoms with Gasteiger partial charge in [-0.25, -0.2) is 0 Å². The zero-order valence-electron chi connectivity index (χ0n) is 9.03. The van der Waals surface area contributed by atoms with E-state index in [9.17, 15) is 0 Å². The highest BCUT2D eigenvalue weighted by Gasteiger charge is 2.13. The number of aromatic nitrogens is 2. The Morgan fingerprint density at radius 3 is 2.79 bits per heavy atom. The Morgan fingerprint density at radius 2 is 2.21 bits per heavy atom. The standard InChI is InChI=1S/C9H18N4O/c1-4-5-7(10)9-11-8(12-14-9)6-13(2)3/h7H,4-6,10H2,1-3H3/t7-/m1/s1. The third-order valence-electron chi connectivity index (χ3n) is 1.86. The van der Waals surface area contributed by atoms with Crippen LogP contribution in [0.15, 0.2) is 4.52 Å². The van der Waals surface area contributed by atoms with Crippen molar-refractivity contribution in [3.8, 4) is 0 Å². The molecule has 1 rings (SSSR count). The van der Waals surface area contributed by atoms with E-state index in [-0.39, 0.29) is 6.04 Å². The van der Waals surface area contributed by atoms with Crippen molar-refractivity contribution in [1.82, 2.24) is 15.0 Å². The molecule has 14 heavy (non-hydrogen) atoms. The average Bonchev–Trinajstić information content (AvgIpc) is 2.52. The molecule has 5 heteroatoms. The van der Waals surface area contributed by atoms with Crippen LogP contribution >= 0.6 is 0 Å². The van der Waals surface area contributed by atoms with Gasteiger partial charge in [-0.3, -0.25) is 0 Å². The summed E-state index contributed by atoms with van der Waals surface area (Å²) in [5.74, 6) is 1.24. The largest absolute Gasteiger partial charge is 0.338 e. The molecule has 80 valence electrons. The van der Waals surface area contributed by atoms with Crippen molar-refractivity contribution in [2.45, 2.75) is 32.4 Å². The lowest BCUT2D eigenvalue weighted by molar-refractivity contribution is 0.332. The summed E-state index contributed by atoms with van der Waals surface area (Å²) in [6.07, 6.45) is 1.90. The van der Waals surface area contributed by atoms with Crippen LogP contribution < -0.4 is 5.73 Å². The lowest BCUT2D eigenvalue weighted by Gasteiger charge is -2.04. The van der Waals surface area contributed by atoms with Crippen molar-refractivity contribution >= 4 is 0 Å². The van der Waals surface area contributed by atoms with Crippen LogP contribution in [0, 0.1) is 0 Å². The lowest BCUT2D eigenvalue weighted by atomic mass is 10.2. The second kappa shape index (κ2) is 5.07. The Morgan fingerprint density at radius 1 is 1.50 bits per heavy atom. The minimum absolute atomic E-state index is 0.122. The molecule has 1 heterocycles. The second-order valence-corrected chi connectivity index (χ2v) is 3.68. The molecule has 0 aliphatic heterocycles. The molecule has 1 atom stereocenters. The predicted molar refractivity (Wildman–Crippen MR) is 53.5 cm³/mol. The van der Waals surface area contributed by atoms with Gasteiger partial charge in [0.05, 0.1) is 12.6 Å². The van der Waals surface area contributed by atoms with Gasteiger partial charge in [-0.05, 0) is 20.5 Å². The highest BCUT2D eigenvalue weighted by molar-refractivity contribution is 4.91. The maximum Gasteiger partial charge on any atom is 0.243 e. The molecule has 0 aliphatic carbocycles. The Balaban J connectivity index is 2.58. The Hall–Kier alpha value is -0.940. The summed E-state index contributed by atoms with van der Waals surface area (Å²) in [5, 5.41) is 3.85. The fourth-order valence-electron chi connectivity index (χ4n) is 1.20. The molecule has 1 aromatic rings. The van der Waals surface area contributed by atoms with Gasteiger partial charge >= 0.3 is 0 Å². The number of nitrogens with zero attached hydrogens (tertiary/aromatic N) is 3. The molecule has 0 unspecified atom stereocenters. The Kier molecular flexibility index (Phi) is 4.03. The van der Waals surface area contributed by atoms with E-state index in [4.69, 9.17) is 10.3 Å². The highest BCUT2D eigenvalue weighted by atomic mass is 16.5. The summed E-state index contributed by atoms with van der Waals surface area (Å²) < 4.78 is 5.07. The van der Waals surface area contributed by atoms with Gasteiger partial charge in [0.1, 0.15) is 0 Å². The number of hydrogen-bond acceptors (Lipinski definition) is 5. The van der Waals surface area contributed by atoms with E-state index in [1.807, 2.05) is 19.0 Å². The molecular weight excluding hydrogens is 180 g/mol. The van der Waals surface area contributed by atoms with Gasteiger partial charge in [0.15, 0.2) is 5.82 Å². The topological polar surface area (TPSA) is 68.2 Å². The van der Waals surface area contributed by atoms with E-state index in [1.54, 1.807) is 0 Å². The van der Waals surface area contributed by atoms with Gasteiger partial charge in [0, 0.05) is 0 Å². The molecular formula is C9H18N4O. The van der Waals surface area contributed by atoms with Crippen LogP contribution in [0.4, 0.5) is 0 Å². The fourth-order valence-corrected chi connectivity index (χ4v) is 1.20. The predicted octanol–water partition coefficient (Wildman–Crippen LogP) is 0.931. The third kappa shape index (κ3) is 3.08. The van der Waals surface area contributed by atoms with E-state index < -0.39 is 0 Å². The molecule has 0 fully saturated rings. The summed E-state index contributed by atoms with van der Waals surface area (Å²) in [6.45, 7) is 2.76. The lowest BCUT2D eigenvalue weighted by Crippen LogP contribution is -2.13. The van der Waals surface area contributed by atoms with Gasteiger partial charge in [-0.1, -0.05) is 18.5 Å². The first-order valence-electron chi connectivity index (χ1n) is 4.86. The normalized spacial score (nSPS) is 13.5. The molecule has 0 radical (unpaired) electrons. The van der Waals surface area contributed by atoms with Crippen LogP contribution in [0.1, 0.15) is 37.5 Å². The van der Waals surface area contributed by atoms with E-state index in [2.05, 4.69) is 17.1 Å². The van der Waals surface area contributed by atoms with Crippen LogP contribution in [0.5, 0.6) is 0 Å². The van der Waals surface area contributed by atoms with Gasteiger partial charge in [0.2, 0.25) is 5.89 Å². The summed E-state index contributed by atoms with van der Waals surface area (Å²) in [6, 6.07) is -0.122. The average molecular weight is 198 g/mol. The third-order valence-corrected chi connectivity index (χ3v) is 1.86. The second-order valence-electron chi connectivity index (χ2n) is 3.68. The zero-order chi connectivity index (χ0) is 10.6. The molecule has 0 saturated heterocycles. The minimum atomic E-state index is -0.122. The Labute approximate surface area is 84.3 Å². The molecule has 0 aliphatic rings. The monoisotopic (exact) mass is 198 g/mol. The SMILES string of the molecule is CCC[C@@H](N)c1nc(CN(C)C)no1. The van der Waals surface area contributed by atoms with Crippen molar-refractivity contribution in [2.75, 3.05) is 14.1 Å². The molecule has 0 amide bonds. The quantitative estimate of drug-likeness (QED) is 0.762. The van der Waals surface area contributed by atoms with E-state index in [1.165, 1.54) is 0 Å². The van der Waals surface area contributed by atoms with Crippen LogP contribution in [0.3, 0.4) is 0 Å². The molecule has 2 N–H and O–H groups in total. The molecule has 0 spiro atoms. The number of nitrogens with two attached hydrogens (primary N) is 1. The summed E-state index contributed by atoms with van der Waals surface area (Å²) >= 11 is 0. The number of hydrogen-bond donors (Lipinski definition) is 1. The first kappa shape index (κ1) is 11.1. The number of rotatable bonds is 5. The van der Waals surface area contributed by atoms with E-state index in [0.29, 0.717) is 18.3 Å². The first-order valence-corrected chi connectivity index (χ1v) is 4.86. The van der Waals surface area contributed by atoms with Crippen LogP contribution in [-0.2, 0) is 6.54 Å². The van der Waals surface area contributed by atoms with E-state index >= 15 is 0 Å². The fraction of sp³-hybridized carbons (Fsp3) is 0.778. The first-order chi connectivity index (χ1) is 6.63. The zero-order valence-corrected chi connectivity index (χ0v) is 9.03. The Bertz CT molecular complexity index is 272. The van der Waals surface area contributed by atoms with Gasteiger partial charge in [-0.15, -0.1) is 0 Å². The maximum absolute atomic E-state index is 5.84. The van der Waals surface area contributed by atoms with Crippen molar-refractivity contribution in [3.63, 3.8) is 0 Å². The summed E-state index contributed by atoms with van der Waals surface area (Å²) in [7, 11) is 3.92. The molecule has 0 aromatic carbocycles. The summed E-state index contributed by atoms with van der Waals surface area (Å²) in [5.41, 5.74) is 5.84. The highest BCUT2D eigenvalue weighted by Crippen LogP contribution is 2.13. The van der Waals surface area contributed by atoms with Crippen molar-refractivity contribution in [1.29, 1.82) is 0 Å². The van der Waals surface area contributed by atoms with Crippen LogP contribution in [0.2, 0.25) is 0 Å². The maximum atomic E-state index is 5.84. The van der Waals surface area contributed by atoms with Gasteiger partial charge in [0.25, 0.3) is 0 Å².